The number of nitrogens with one attached hydrogen (secondary N) is 3. The van der Waals surface area contributed by atoms with Gasteiger partial charge in [-0.05, 0) is 31.0 Å². The Hall–Kier alpha value is -2.28. The maximum atomic E-state index is 12.0. The van der Waals surface area contributed by atoms with Crippen molar-refractivity contribution >= 4 is 23.1 Å². The summed E-state index contributed by atoms with van der Waals surface area (Å²) in [5.41, 5.74) is 5.80. The van der Waals surface area contributed by atoms with Gasteiger partial charge in [-0.15, -0.1) is 0 Å². The number of aryl methyl sites for hydroxylation is 1. The Morgan fingerprint density at radius 3 is 2.96 bits per heavy atom. The highest BCUT2D eigenvalue weighted by molar-refractivity contribution is 6.09. The summed E-state index contributed by atoms with van der Waals surface area (Å²) in [5, 5.41) is 11.0. The van der Waals surface area contributed by atoms with Crippen LogP contribution in [0.5, 0.6) is 5.75 Å². The summed E-state index contributed by atoms with van der Waals surface area (Å²) in [4.78, 5) is 13.9. The highest BCUT2D eigenvalue weighted by atomic mass is 16.5. The van der Waals surface area contributed by atoms with Crippen molar-refractivity contribution in [2.24, 2.45) is 5.10 Å². The van der Waals surface area contributed by atoms with E-state index >= 15 is 0 Å². The molecule has 3 heterocycles. The number of rotatable bonds is 3. The van der Waals surface area contributed by atoms with Crippen molar-refractivity contribution in [2.75, 3.05) is 29.9 Å². The van der Waals surface area contributed by atoms with Crippen LogP contribution >= 0.6 is 0 Å². The maximum Gasteiger partial charge on any atom is 0.262 e. The Kier molecular flexibility index (Phi) is 3.37. The van der Waals surface area contributed by atoms with Crippen LogP contribution in [0.25, 0.3) is 0 Å². The quantitative estimate of drug-likeness (QED) is 0.764. The zero-order valence-electron chi connectivity index (χ0n) is 13.3. The summed E-state index contributed by atoms with van der Waals surface area (Å²) in [6.45, 7) is 6.35. The monoisotopic (exact) mass is 315 g/mol. The fraction of sp³-hybridized carbons (Fsp3) is 0.500. The first-order valence-electron chi connectivity index (χ1n) is 8.10. The SMILES string of the molecule is CCc1cc2c(cc1NC1CNC1)N1C(=NNC(=O)C1C)CO2. The molecule has 7 nitrogen and oxygen atoms in total. The molecule has 1 saturated heterocycles. The molecule has 1 aromatic rings. The van der Waals surface area contributed by atoms with Crippen LogP contribution in [0.2, 0.25) is 0 Å². The van der Waals surface area contributed by atoms with Crippen LogP contribution in [-0.4, -0.2) is 43.5 Å². The van der Waals surface area contributed by atoms with E-state index in [9.17, 15) is 4.79 Å². The predicted octanol–water partition coefficient (Wildman–Crippen LogP) is 0.663. The highest BCUT2D eigenvalue weighted by Crippen LogP contribution is 2.39. The van der Waals surface area contributed by atoms with Crippen LogP contribution in [0.1, 0.15) is 19.4 Å². The molecule has 0 aromatic heterocycles. The molecule has 0 saturated carbocycles. The first-order chi connectivity index (χ1) is 11.2. The average Bonchev–Trinajstić information content (AvgIpc) is 2.53. The molecule has 122 valence electrons. The molecule has 4 rings (SSSR count). The van der Waals surface area contributed by atoms with E-state index in [1.165, 1.54) is 5.56 Å². The summed E-state index contributed by atoms with van der Waals surface area (Å²) in [6.07, 6.45) is 0.927. The minimum atomic E-state index is -0.296. The number of hydrazone groups is 1. The van der Waals surface area contributed by atoms with E-state index < -0.39 is 0 Å². The molecular formula is C16H21N5O2. The zero-order chi connectivity index (χ0) is 16.0. The van der Waals surface area contributed by atoms with Gasteiger partial charge in [0, 0.05) is 18.8 Å². The number of ether oxygens (including phenoxy) is 1. The summed E-state index contributed by atoms with van der Waals surface area (Å²) < 4.78 is 5.86. The fourth-order valence-corrected chi connectivity index (χ4v) is 3.15. The molecule has 3 N–H and O–H groups in total. The molecule has 3 aliphatic heterocycles. The minimum absolute atomic E-state index is 0.0983. The number of anilines is 2. The topological polar surface area (TPSA) is 78.0 Å². The fourth-order valence-electron chi connectivity index (χ4n) is 3.15. The van der Waals surface area contributed by atoms with Crippen LogP contribution < -0.4 is 25.7 Å². The van der Waals surface area contributed by atoms with Crippen LogP contribution in [0, 0.1) is 0 Å². The number of carbonyl (C=O) groups excluding carboxylic acids is 1. The van der Waals surface area contributed by atoms with Crippen LogP contribution in [-0.2, 0) is 11.2 Å². The van der Waals surface area contributed by atoms with Crippen molar-refractivity contribution in [2.45, 2.75) is 32.4 Å². The van der Waals surface area contributed by atoms with E-state index in [1.54, 1.807) is 0 Å². The summed E-state index contributed by atoms with van der Waals surface area (Å²) >= 11 is 0. The number of benzene rings is 1. The minimum Gasteiger partial charge on any atom is -0.483 e. The van der Waals surface area contributed by atoms with Gasteiger partial charge in [-0.3, -0.25) is 4.79 Å². The maximum absolute atomic E-state index is 12.0. The molecule has 0 spiro atoms. The van der Waals surface area contributed by atoms with Gasteiger partial charge in [-0.25, -0.2) is 5.43 Å². The van der Waals surface area contributed by atoms with Gasteiger partial charge in [0.1, 0.15) is 18.4 Å². The smallest absolute Gasteiger partial charge is 0.262 e. The van der Waals surface area contributed by atoms with Crippen LogP contribution in [0.15, 0.2) is 17.2 Å². The second-order valence-corrected chi connectivity index (χ2v) is 6.17. The summed E-state index contributed by atoms with van der Waals surface area (Å²) in [7, 11) is 0. The summed E-state index contributed by atoms with van der Waals surface area (Å²) in [5.74, 6) is 1.46. The number of fused-ring (bicyclic) bond motifs is 3. The number of nitrogens with zero attached hydrogens (tertiary/aromatic N) is 2. The lowest BCUT2D eigenvalue weighted by atomic mass is 10.0. The first kappa shape index (κ1) is 14.3. The third-order valence-corrected chi connectivity index (χ3v) is 4.66. The average molecular weight is 315 g/mol. The van der Waals surface area contributed by atoms with Crippen LogP contribution in [0.4, 0.5) is 11.4 Å². The Bertz CT molecular complexity index is 683. The molecule has 1 unspecified atom stereocenters. The largest absolute Gasteiger partial charge is 0.483 e. The van der Waals surface area contributed by atoms with Crippen molar-refractivity contribution in [1.82, 2.24) is 10.7 Å². The molecular weight excluding hydrogens is 294 g/mol. The molecule has 0 aliphatic carbocycles. The van der Waals surface area contributed by atoms with E-state index in [0.717, 1.165) is 42.5 Å². The lowest BCUT2D eigenvalue weighted by Crippen LogP contribution is -2.55. The molecule has 1 atom stereocenters. The third kappa shape index (κ3) is 2.31. The molecule has 0 bridgehead atoms. The van der Waals surface area contributed by atoms with Gasteiger partial charge in [0.05, 0.1) is 11.7 Å². The second kappa shape index (κ2) is 5.42. The van der Waals surface area contributed by atoms with E-state index in [-0.39, 0.29) is 11.9 Å². The van der Waals surface area contributed by atoms with E-state index in [0.29, 0.717) is 12.6 Å². The predicted molar refractivity (Wildman–Crippen MR) is 89.1 cm³/mol. The van der Waals surface area contributed by atoms with Crippen molar-refractivity contribution in [1.29, 1.82) is 0 Å². The molecule has 1 aromatic carbocycles. The van der Waals surface area contributed by atoms with E-state index in [2.05, 4.69) is 40.2 Å². The summed E-state index contributed by atoms with van der Waals surface area (Å²) in [6, 6.07) is 4.34. The van der Waals surface area contributed by atoms with E-state index in [4.69, 9.17) is 4.74 Å². The number of amidine groups is 1. The first-order valence-corrected chi connectivity index (χ1v) is 8.10. The number of amides is 1. The highest BCUT2D eigenvalue weighted by Gasteiger charge is 2.35. The number of hydrogen-bond donors (Lipinski definition) is 3. The van der Waals surface area contributed by atoms with Crippen molar-refractivity contribution in [3.8, 4) is 5.75 Å². The Balaban J connectivity index is 1.76. The molecule has 0 radical (unpaired) electrons. The number of hydrogen-bond acceptors (Lipinski definition) is 6. The van der Waals surface area contributed by atoms with Gasteiger partial charge in [-0.2, -0.15) is 5.10 Å². The molecule has 23 heavy (non-hydrogen) atoms. The van der Waals surface area contributed by atoms with Gasteiger partial charge in [0.2, 0.25) is 0 Å². The lowest BCUT2D eigenvalue weighted by Gasteiger charge is -2.39. The lowest BCUT2D eigenvalue weighted by molar-refractivity contribution is -0.122. The second-order valence-electron chi connectivity index (χ2n) is 6.17. The van der Waals surface area contributed by atoms with Gasteiger partial charge < -0.3 is 20.3 Å². The standard InChI is InChI=1S/C16H21N5O2/c1-3-10-4-14-13(5-12(10)18-11-6-17-7-11)21-9(2)16(22)20-19-15(21)8-23-14/h4-5,9,11,17-18H,3,6-8H2,1-2H3,(H,20,22). The van der Waals surface area contributed by atoms with Crippen molar-refractivity contribution in [3.05, 3.63) is 17.7 Å². The molecule has 1 amide bonds. The molecule has 1 fully saturated rings. The Morgan fingerprint density at radius 2 is 2.26 bits per heavy atom. The molecule has 7 heteroatoms. The normalized spacial score (nSPS) is 23.0. The van der Waals surface area contributed by atoms with Gasteiger partial charge in [0.15, 0.2) is 5.84 Å². The van der Waals surface area contributed by atoms with E-state index in [1.807, 2.05) is 11.8 Å². The van der Waals surface area contributed by atoms with Gasteiger partial charge in [0.25, 0.3) is 5.91 Å². The Labute approximate surface area is 135 Å². The Morgan fingerprint density at radius 1 is 1.43 bits per heavy atom. The zero-order valence-corrected chi connectivity index (χ0v) is 13.3. The molecule has 3 aliphatic rings. The third-order valence-electron chi connectivity index (χ3n) is 4.66. The van der Waals surface area contributed by atoms with Crippen LogP contribution in [0.3, 0.4) is 0 Å². The number of carbonyl (C=O) groups is 1. The van der Waals surface area contributed by atoms with Gasteiger partial charge in [-0.1, -0.05) is 6.92 Å². The van der Waals surface area contributed by atoms with Gasteiger partial charge >= 0.3 is 0 Å². The van der Waals surface area contributed by atoms with Crippen molar-refractivity contribution in [3.63, 3.8) is 0 Å². The van der Waals surface area contributed by atoms with Crippen molar-refractivity contribution < 1.29 is 9.53 Å².